The number of carbonyl (C=O) groups is 1. The molecule has 2 aromatic rings. The molecule has 1 heterocycles. The number of nitrogens with one attached hydrogen (secondary N) is 2. The van der Waals surface area contributed by atoms with Crippen LogP contribution >= 0.6 is 11.3 Å². The molecule has 8 nitrogen and oxygen atoms in total. The Morgan fingerprint density at radius 1 is 1.42 bits per heavy atom. The van der Waals surface area contributed by atoms with Crippen LogP contribution in [0.5, 0.6) is 0 Å². The van der Waals surface area contributed by atoms with Crippen molar-refractivity contribution in [2.45, 2.75) is 6.42 Å². The lowest BCUT2D eigenvalue weighted by Crippen LogP contribution is -2.26. The Balaban J connectivity index is 0.00000163. The van der Waals surface area contributed by atoms with E-state index in [0.29, 0.717) is 18.2 Å². The van der Waals surface area contributed by atoms with E-state index in [1.807, 2.05) is 37.2 Å². The molecular formula is C17H23N7OS. The van der Waals surface area contributed by atoms with Gasteiger partial charge in [-0.15, -0.1) is 12.8 Å². The fourth-order valence-corrected chi connectivity index (χ4v) is 2.60. The van der Waals surface area contributed by atoms with Crippen LogP contribution in [0.3, 0.4) is 0 Å². The van der Waals surface area contributed by atoms with E-state index in [1.54, 1.807) is 6.34 Å². The lowest BCUT2D eigenvalue weighted by atomic mass is 10.3. The average molecular weight is 373 g/mol. The van der Waals surface area contributed by atoms with Crippen LogP contribution in [-0.2, 0) is 4.79 Å². The first-order valence-corrected chi connectivity index (χ1v) is 8.59. The third-order valence-electron chi connectivity index (χ3n) is 2.86. The van der Waals surface area contributed by atoms with Crippen LogP contribution < -0.4 is 16.5 Å². The number of carbonyl (C=O) groups excluding carboxylic acids is 1. The SMILES string of the molecule is C#C.CN(C)C=NCCCNC(=O)/C=N/Nc1ccc2nc(N)sc2c1. The topological polar surface area (TPSA) is 108 Å². The minimum absolute atomic E-state index is 0.248. The van der Waals surface area contributed by atoms with E-state index in [9.17, 15) is 4.79 Å². The van der Waals surface area contributed by atoms with Gasteiger partial charge in [0.25, 0.3) is 5.91 Å². The van der Waals surface area contributed by atoms with E-state index in [1.165, 1.54) is 17.6 Å². The van der Waals surface area contributed by atoms with Gasteiger partial charge in [-0.25, -0.2) is 4.98 Å². The number of aliphatic imine (C=N–C) groups is 1. The van der Waals surface area contributed by atoms with Crippen molar-refractivity contribution in [1.29, 1.82) is 0 Å². The minimum Gasteiger partial charge on any atom is -0.375 e. The molecule has 0 saturated heterocycles. The number of hydrogen-bond donors (Lipinski definition) is 3. The molecule has 1 aromatic carbocycles. The summed E-state index contributed by atoms with van der Waals surface area (Å²) < 4.78 is 0.968. The number of hydrazone groups is 1. The van der Waals surface area contributed by atoms with Crippen molar-refractivity contribution in [3.8, 4) is 12.8 Å². The Morgan fingerprint density at radius 2 is 2.19 bits per heavy atom. The summed E-state index contributed by atoms with van der Waals surface area (Å²) in [5.41, 5.74) is 10.1. The summed E-state index contributed by atoms with van der Waals surface area (Å²) in [6.07, 6.45) is 11.7. The molecule has 0 spiro atoms. The molecule has 26 heavy (non-hydrogen) atoms. The maximum atomic E-state index is 11.6. The van der Waals surface area contributed by atoms with E-state index < -0.39 is 0 Å². The van der Waals surface area contributed by atoms with E-state index in [2.05, 4.69) is 38.7 Å². The van der Waals surface area contributed by atoms with Gasteiger partial charge >= 0.3 is 0 Å². The van der Waals surface area contributed by atoms with Crippen LogP contribution in [-0.4, -0.2) is 55.5 Å². The normalized spacial score (nSPS) is 10.6. The minimum atomic E-state index is -0.248. The quantitative estimate of drug-likeness (QED) is 0.214. The van der Waals surface area contributed by atoms with Crippen LogP contribution in [0.25, 0.3) is 10.2 Å². The Morgan fingerprint density at radius 3 is 2.92 bits per heavy atom. The van der Waals surface area contributed by atoms with E-state index >= 15 is 0 Å². The summed E-state index contributed by atoms with van der Waals surface area (Å²) in [4.78, 5) is 21.9. The van der Waals surface area contributed by atoms with Gasteiger partial charge in [0.15, 0.2) is 5.13 Å². The van der Waals surface area contributed by atoms with E-state index in [0.717, 1.165) is 22.3 Å². The van der Waals surface area contributed by atoms with Crippen LogP contribution in [0.1, 0.15) is 6.42 Å². The number of aromatic nitrogens is 1. The fraction of sp³-hybridized carbons (Fsp3) is 0.294. The number of anilines is 2. The lowest BCUT2D eigenvalue weighted by Gasteiger charge is -2.03. The number of rotatable bonds is 8. The Labute approximate surface area is 157 Å². The molecule has 0 radical (unpaired) electrons. The molecule has 0 saturated carbocycles. The second-order valence-corrected chi connectivity index (χ2v) is 6.30. The standard InChI is InChI=1S/C15H21N7OS.C2H2/c1-22(2)10-17-6-3-7-18-14(23)9-19-21-11-4-5-12-13(8-11)24-15(16)20-12;1-2/h4-5,8-10,21H,3,6-7H2,1-2H3,(H2,16,20)(H,18,23);1-2H/b17-10?,19-9+;. The van der Waals surface area contributed by atoms with E-state index in [-0.39, 0.29) is 5.91 Å². The van der Waals surface area contributed by atoms with Gasteiger partial charge in [-0.2, -0.15) is 5.10 Å². The van der Waals surface area contributed by atoms with E-state index in [4.69, 9.17) is 5.73 Å². The number of nitrogen functional groups attached to an aromatic ring is 1. The first kappa shape index (κ1) is 20.9. The van der Waals surface area contributed by atoms with Gasteiger partial charge in [-0.3, -0.25) is 15.2 Å². The van der Waals surface area contributed by atoms with Crippen molar-refractivity contribution in [3.05, 3.63) is 18.2 Å². The van der Waals surface area contributed by atoms with Gasteiger partial charge in [0.05, 0.1) is 22.2 Å². The summed E-state index contributed by atoms with van der Waals surface area (Å²) in [5.74, 6) is -0.248. The zero-order chi connectivity index (χ0) is 19.4. The van der Waals surface area contributed by atoms with Crippen molar-refractivity contribution in [1.82, 2.24) is 15.2 Å². The summed E-state index contributed by atoms with van der Waals surface area (Å²) in [6.45, 7) is 1.23. The number of hydrogen-bond acceptors (Lipinski definition) is 7. The predicted octanol–water partition coefficient (Wildman–Crippen LogP) is 1.62. The third-order valence-corrected chi connectivity index (χ3v) is 3.70. The number of thiazole rings is 1. The number of amides is 1. The molecule has 0 unspecified atom stereocenters. The monoisotopic (exact) mass is 373 g/mol. The Kier molecular flexibility index (Phi) is 9.20. The van der Waals surface area contributed by atoms with Gasteiger partial charge in [-0.05, 0) is 24.6 Å². The highest BCUT2D eigenvalue weighted by Gasteiger charge is 2.01. The maximum Gasteiger partial charge on any atom is 0.264 e. The molecule has 0 atom stereocenters. The zero-order valence-corrected chi connectivity index (χ0v) is 15.7. The maximum absolute atomic E-state index is 11.6. The number of nitrogens with two attached hydrogens (primary N) is 1. The van der Waals surface area contributed by atoms with Crippen molar-refractivity contribution in [3.63, 3.8) is 0 Å². The van der Waals surface area contributed by atoms with Crippen LogP contribution in [0.15, 0.2) is 28.3 Å². The molecule has 1 amide bonds. The summed E-state index contributed by atoms with van der Waals surface area (Å²) in [6, 6.07) is 5.58. The summed E-state index contributed by atoms with van der Waals surface area (Å²) >= 11 is 1.41. The van der Waals surface area contributed by atoms with Crippen molar-refractivity contribution in [2.24, 2.45) is 10.1 Å². The summed E-state index contributed by atoms with van der Waals surface area (Å²) in [5, 5.41) is 7.20. The lowest BCUT2D eigenvalue weighted by molar-refractivity contribution is -0.114. The molecule has 0 aliphatic rings. The largest absolute Gasteiger partial charge is 0.375 e. The predicted molar refractivity (Wildman–Crippen MR) is 111 cm³/mol. The van der Waals surface area contributed by atoms with Crippen molar-refractivity contribution >= 4 is 50.8 Å². The number of benzene rings is 1. The van der Waals surface area contributed by atoms with Crippen molar-refractivity contribution in [2.75, 3.05) is 38.3 Å². The third kappa shape index (κ3) is 7.63. The second kappa shape index (κ2) is 11.4. The number of nitrogens with zero attached hydrogens (tertiary/aromatic N) is 4. The van der Waals surface area contributed by atoms with Gasteiger partial charge in [0.1, 0.15) is 6.21 Å². The average Bonchev–Trinajstić information content (AvgIpc) is 2.99. The van der Waals surface area contributed by atoms with Crippen molar-refractivity contribution < 1.29 is 4.79 Å². The molecule has 0 aliphatic heterocycles. The molecule has 2 rings (SSSR count). The highest BCUT2D eigenvalue weighted by Crippen LogP contribution is 2.26. The van der Waals surface area contributed by atoms with Crippen LogP contribution in [0.2, 0.25) is 0 Å². The smallest absolute Gasteiger partial charge is 0.264 e. The molecular weight excluding hydrogens is 350 g/mol. The van der Waals surface area contributed by atoms with Crippen LogP contribution in [0, 0.1) is 12.8 Å². The second-order valence-electron chi connectivity index (χ2n) is 5.23. The first-order chi connectivity index (χ1) is 12.5. The van der Waals surface area contributed by atoms with Gasteiger partial charge < -0.3 is 16.0 Å². The molecule has 0 aliphatic carbocycles. The highest BCUT2D eigenvalue weighted by atomic mass is 32.1. The molecule has 0 fully saturated rings. The molecule has 4 N–H and O–H groups in total. The number of terminal acetylenes is 1. The zero-order valence-electron chi connectivity index (χ0n) is 14.8. The molecule has 0 bridgehead atoms. The molecule has 138 valence electrons. The number of fused-ring (bicyclic) bond motifs is 1. The van der Waals surface area contributed by atoms with Crippen LogP contribution in [0.4, 0.5) is 10.8 Å². The molecule has 9 heteroatoms. The Hall–Kier alpha value is -3.12. The highest BCUT2D eigenvalue weighted by molar-refractivity contribution is 7.22. The molecule has 1 aromatic heterocycles. The first-order valence-electron chi connectivity index (χ1n) is 7.77. The fourth-order valence-electron chi connectivity index (χ4n) is 1.83. The van der Waals surface area contributed by atoms with Gasteiger partial charge in [-0.1, -0.05) is 11.3 Å². The summed E-state index contributed by atoms with van der Waals surface area (Å²) in [7, 11) is 3.83. The van der Waals surface area contributed by atoms with Gasteiger partial charge in [0.2, 0.25) is 0 Å². The van der Waals surface area contributed by atoms with Gasteiger partial charge in [0, 0.05) is 27.2 Å². The Bertz CT molecular complexity index is 780.